The first-order valence-electron chi connectivity index (χ1n) is 9.46. The molecule has 0 N–H and O–H groups in total. The Morgan fingerprint density at radius 1 is 1.04 bits per heavy atom. The van der Waals surface area contributed by atoms with Crippen LogP contribution in [0, 0.1) is 23.4 Å². The van der Waals surface area contributed by atoms with Crippen molar-refractivity contribution in [1.29, 1.82) is 0 Å². The molecule has 1 aliphatic rings. The summed E-state index contributed by atoms with van der Waals surface area (Å²) < 4.78 is 46.9. The van der Waals surface area contributed by atoms with Gasteiger partial charge in [-0.25, -0.2) is 13.2 Å². The summed E-state index contributed by atoms with van der Waals surface area (Å²) in [6, 6.07) is 8.42. The highest BCUT2D eigenvalue weighted by molar-refractivity contribution is 5.48. The van der Waals surface area contributed by atoms with E-state index in [0.29, 0.717) is 23.8 Å². The number of ether oxygens (including phenoxy) is 1. The lowest BCUT2D eigenvalue weighted by atomic mass is 9.77. The molecule has 1 aliphatic carbocycles. The number of halogens is 3. The van der Waals surface area contributed by atoms with Crippen LogP contribution >= 0.6 is 0 Å². The summed E-state index contributed by atoms with van der Waals surface area (Å²) in [6.07, 6.45) is 6.72. The smallest absolute Gasteiger partial charge is 0.166 e. The van der Waals surface area contributed by atoms with E-state index in [1.54, 1.807) is 24.3 Å². The number of hydrogen-bond donors (Lipinski definition) is 0. The zero-order valence-electron chi connectivity index (χ0n) is 15.6. The number of rotatable bonds is 6. The van der Waals surface area contributed by atoms with E-state index in [1.807, 2.05) is 6.07 Å². The fraction of sp³-hybridized carbons (Fsp3) is 0.391. The van der Waals surface area contributed by atoms with Crippen molar-refractivity contribution in [2.24, 2.45) is 5.92 Å². The molecule has 0 heterocycles. The van der Waals surface area contributed by atoms with Gasteiger partial charge in [0.2, 0.25) is 0 Å². The Bertz CT molecular complexity index is 808. The predicted molar refractivity (Wildman–Crippen MR) is 102 cm³/mol. The summed E-state index contributed by atoms with van der Waals surface area (Å²) in [7, 11) is 1.46. The lowest BCUT2D eigenvalue weighted by molar-refractivity contribution is 0.308. The van der Waals surface area contributed by atoms with Crippen molar-refractivity contribution in [2.45, 2.75) is 44.4 Å². The van der Waals surface area contributed by atoms with Crippen molar-refractivity contribution >= 4 is 6.08 Å². The molecule has 144 valence electrons. The van der Waals surface area contributed by atoms with Crippen LogP contribution in [0.25, 0.3) is 6.08 Å². The average Bonchev–Trinajstić information content (AvgIpc) is 2.69. The maximum Gasteiger partial charge on any atom is 0.166 e. The minimum Gasteiger partial charge on any atom is -0.494 e. The van der Waals surface area contributed by atoms with Gasteiger partial charge in [0.05, 0.1) is 7.11 Å². The first-order chi connectivity index (χ1) is 13.0. The van der Waals surface area contributed by atoms with Crippen LogP contribution in [0.5, 0.6) is 5.75 Å². The molecular weight excluding hydrogens is 349 g/mol. The summed E-state index contributed by atoms with van der Waals surface area (Å²) in [5.41, 5.74) is 1.64. The second-order valence-electron chi connectivity index (χ2n) is 7.30. The standard InChI is InChI=1S/C23H25F3O/c1-3-16-10-11-18(23(26)22(16)25)9-6-15-4-7-17(8-5-15)19-12-13-21(27-2)20(24)14-19/h3,10-15,17H,1,4-9H2,2H3. The summed E-state index contributed by atoms with van der Waals surface area (Å²) in [5.74, 6) is -0.780. The summed E-state index contributed by atoms with van der Waals surface area (Å²) in [4.78, 5) is 0. The monoisotopic (exact) mass is 374 g/mol. The Morgan fingerprint density at radius 2 is 1.78 bits per heavy atom. The van der Waals surface area contributed by atoms with Crippen LogP contribution in [0.15, 0.2) is 36.9 Å². The topological polar surface area (TPSA) is 9.23 Å². The maximum atomic E-state index is 14.1. The lowest BCUT2D eigenvalue weighted by Crippen LogP contribution is -2.14. The Balaban J connectivity index is 1.55. The SMILES string of the molecule is C=Cc1ccc(CCC2CCC(c3ccc(OC)c(F)c3)CC2)c(F)c1F. The molecule has 4 heteroatoms. The summed E-state index contributed by atoms with van der Waals surface area (Å²) in [6.45, 7) is 3.49. The number of aryl methyl sites for hydroxylation is 1. The summed E-state index contributed by atoms with van der Waals surface area (Å²) in [5, 5.41) is 0. The molecule has 0 unspecified atom stereocenters. The van der Waals surface area contributed by atoms with E-state index in [0.717, 1.165) is 37.7 Å². The molecule has 1 saturated carbocycles. The second-order valence-corrected chi connectivity index (χ2v) is 7.30. The van der Waals surface area contributed by atoms with Crippen LogP contribution in [0.1, 0.15) is 54.7 Å². The van der Waals surface area contributed by atoms with Gasteiger partial charge in [0.1, 0.15) is 0 Å². The third-order valence-corrected chi connectivity index (χ3v) is 5.73. The minimum absolute atomic E-state index is 0.198. The van der Waals surface area contributed by atoms with E-state index in [2.05, 4.69) is 6.58 Å². The van der Waals surface area contributed by atoms with Gasteiger partial charge >= 0.3 is 0 Å². The van der Waals surface area contributed by atoms with Gasteiger partial charge in [-0.05, 0) is 73.6 Å². The van der Waals surface area contributed by atoms with Crippen LogP contribution in [-0.2, 0) is 6.42 Å². The Hall–Kier alpha value is -2.23. The van der Waals surface area contributed by atoms with Crippen molar-refractivity contribution in [3.05, 3.63) is 71.1 Å². The summed E-state index contributed by atoms with van der Waals surface area (Å²) >= 11 is 0. The van der Waals surface area contributed by atoms with E-state index in [4.69, 9.17) is 4.74 Å². The zero-order valence-corrected chi connectivity index (χ0v) is 15.6. The van der Waals surface area contributed by atoms with E-state index in [1.165, 1.54) is 13.2 Å². The molecular formula is C23H25F3O. The van der Waals surface area contributed by atoms with Crippen molar-refractivity contribution in [1.82, 2.24) is 0 Å². The molecule has 0 spiro atoms. The molecule has 0 radical (unpaired) electrons. The van der Waals surface area contributed by atoms with Crippen LogP contribution in [-0.4, -0.2) is 7.11 Å². The number of hydrogen-bond acceptors (Lipinski definition) is 1. The largest absolute Gasteiger partial charge is 0.494 e. The molecule has 1 nitrogen and oxygen atoms in total. The molecule has 0 saturated heterocycles. The highest BCUT2D eigenvalue weighted by Crippen LogP contribution is 2.38. The van der Waals surface area contributed by atoms with Crippen molar-refractivity contribution in [3.8, 4) is 5.75 Å². The number of methoxy groups -OCH3 is 1. The van der Waals surface area contributed by atoms with Gasteiger partial charge in [0, 0.05) is 5.56 Å². The minimum atomic E-state index is -0.812. The molecule has 0 amide bonds. The molecule has 2 aromatic rings. The van der Waals surface area contributed by atoms with Crippen LogP contribution in [0.4, 0.5) is 13.2 Å². The fourth-order valence-corrected chi connectivity index (χ4v) is 4.04. The van der Waals surface area contributed by atoms with E-state index < -0.39 is 11.6 Å². The van der Waals surface area contributed by atoms with Crippen molar-refractivity contribution in [2.75, 3.05) is 7.11 Å². The van der Waals surface area contributed by atoms with Gasteiger partial charge in [0.15, 0.2) is 23.2 Å². The van der Waals surface area contributed by atoms with Gasteiger partial charge in [-0.15, -0.1) is 0 Å². The highest BCUT2D eigenvalue weighted by Gasteiger charge is 2.23. The van der Waals surface area contributed by atoms with E-state index >= 15 is 0 Å². The van der Waals surface area contributed by atoms with Gasteiger partial charge in [0.25, 0.3) is 0 Å². The first kappa shape index (κ1) is 19.5. The molecule has 3 rings (SSSR count). The van der Waals surface area contributed by atoms with Gasteiger partial charge < -0.3 is 4.74 Å². The van der Waals surface area contributed by atoms with Crippen molar-refractivity contribution < 1.29 is 17.9 Å². The third-order valence-electron chi connectivity index (χ3n) is 5.73. The molecule has 0 aromatic heterocycles. The first-order valence-corrected chi connectivity index (χ1v) is 9.46. The molecule has 0 atom stereocenters. The fourth-order valence-electron chi connectivity index (χ4n) is 4.04. The van der Waals surface area contributed by atoms with E-state index in [-0.39, 0.29) is 17.1 Å². The second kappa shape index (κ2) is 8.64. The van der Waals surface area contributed by atoms with Crippen molar-refractivity contribution in [3.63, 3.8) is 0 Å². The maximum absolute atomic E-state index is 14.1. The van der Waals surface area contributed by atoms with Crippen LogP contribution in [0.2, 0.25) is 0 Å². The predicted octanol–water partition coefficient (Wildman–Crippen LogP) is 6.66. The Kier molecular flexibility index (Phi) is 6.25. The molecule has 0 aliphatic heterocycles. The zero-order chi connectivity index (χ0) is 19.4. The molecule has 0 bridgehead atoms. The number of benzene rings is 2. The molecule has 2 aromatic carbocycles. The van der Waals surface area contributed by atoms with Gasteiger partial charge in [-0.1, -0.05) is 30.9 Å². The third kappa shape index (κ3) is 4.37. The van der Waals surface area contributed by atoms with Gasteiger partial charge in [-0.2, -0.15) is 0 Å². The normalized spacial score (nSPS) is 19.7. The average molecular weight is 374 g/mol. The molecule has 1 fully saturated rings. The Labute approximate surface area is 158 Å². The molecule has 27 heavy (non-hydrogen) atoms. The quantitative estimate of drug-likeness (QED) is 0.549. The Morgan fingerprint density at radius 3 is 2.41 bits per heavy atom. The van der Waals surface area contributed by atoms with Crippen LogP contribution < -0.4 is 4.74 Å². The van der Waals surface area contributed by atoms with Gasteiger partial charge in [-0.3, -0.25) is 0 Å². The lowest BCUT2D eigenvalue weighted by Gasteiger charge is -2.29. The van der Waals surface area contributed by atoms with Crippen LogP contribution in [0.3, 0.4) is 0 Å². The van der Waals surface area contributed by atoms with E-state index in [9.17, 15) is 13.2 Å². The highest BCUT2D eigenvalue weighted by atomic mass is 19.2.